The molecule has 0 saturated carbocycles. The maximum atomic E-state index is 14.3. The molecule has 11 aromatic rings. The van der Waals surface area contributed by atoms with Gasteiger partial charge in [0, 0.05) is 92.2 Å². The molecule has 0 aliphatic heterocycles. The van der Waals surface area contributed by atoms with Crippen LogP contribution in [0, 0.1) is 0 Å². The summed E-state index contributed by atoms with van der Waals surface area (Å²) in [6.07, 6.45) is 1.99. The quantitative estimate of drug-likeness (QED) is 0.0556. The first-order valence-corrected chi connectivity index (χ1v) is 22.5. The van der Waals surface area contributed by atoms with Crippen molar-refractivity contribution in [3.63, 3.8) is 0 Å². The van der Waals surface area contributed by atoms with Crippen LogP contribution < -0.4 is 0 Å². The van der Waals surface area contributed by atoms with Gasteiger partial charge in [-0.1, -0.05) is 101 Å². The molecule has 0 spiro atoms. The molecule has 0 amide bonds. The van der Waals surface area contributed by atoms with E-state index in [1.807, 2.05) is 109 Å². The van der Waals surface area contributed by atoms with Crippen molar-refractivity contribution in [2.75, 3.05) is 0 Å². The van der Waals surface area contributed by atoms with Gasteiger partial charge in [-0.2, -0.15) is 0 Å². The van der Waals surface area contributed by atoms with E-state index in [0.717, 1.165) is 60.8 Å². The summed E-state index contributed by atoms with van der Waals surface area (Å²) >= 11 is 0. The predicted octanol–water partition coefficient (Wildman–Crippen LogP) is 13.0. The Morgan fingerprint density at radius 1 is 0.485 bits per heavy atom. The monoisotopic (exact) mass is 889 g/mol. The minimum atomic E-state index is -0.518. The zero-order chi connectivity index (χ0) is 46.5. The number of rotatable bonds is 11. The van der Waals surface area contributed by atoms with Crippen molar-refractivity contribution in [2.24, 2.45) is 10.3 Å². The highest BCUT2D eigenvalue weighted by molar-refractivity contribution is 6.16. The molecular weight excluding hydrogens is 847 g/mol. The minimum absolute atomic E-state index is 0.0420. The van der Waals surface area contributed by atoms with Gasteiger partial charge in [-0.05, 0) is 109 Å². The number of hydrogen-bond donors (Lipinski definition) is 0. The molecule has 68 heavy (non-hydrogen) atoms. The van der Waals surface area contributed by atoms with Crippen LogP contribution in [-0.4, -0.2) is 43.3 Å². The van der Waals surface area contributed by atoms with E-state index in [4.69, 9.17) is 9.68 Å². The lowest BCUT2D eigenvalue weighted by atomic mass is 10.0. The molecule has 1 unspecified atom stereocenters. The smallest absolute Gasteiger partial charge is 0.331 e. The number of fused-ring (bicyclic) bond motifs is 9. The Kier molecular flexibility index (Phi) is 10.5. The Bertz CT molecular complexity index is 3770. The zero-order valence-corrected chi connectivity index (χ0v) is 37.5. The highest BCUT2D eigenvalue weighted by atomic mass is 16.7. The fourth-order valence-electron chi connectivity index (χ4n) is 9.76. The molecule has 3 aromatic heterocycles. The van der Waals surface area contributed by atoms with Gasteiger partial charge in [-0.3, -0.25) is 4.79 Å². The average molecular weight is 890 g/mol. The molecule has 330 valence electrons. The van der Waals surface area contributed by atoms with Gasteiger partial charge in [0.25, 0.3) is 0 Å². The van der Waals surface area contributed by atoms with Gasteiger partial charge in [-0.15, -0.1) is 0 Å². The van der Waals surface area contributed by atoms with Crippen LogP contribution in [0.2, 0.25) is 0 Å². The number of aromatic nitrogens is 3. The van der Waals surface area contributed by atoms with Crippen LogP contribution in [0.25, 0.3) is 76.8 Å². The SMILES string of the molecule is CC(=O)ON=C(CC(C)n1c2ccccc2c2ccccc21)c1ccc(-n2c3ccc(/C=N\OC(C)=O)cc3c3cc(C(=O)c4ccc(-n5c6ccccc6c6ccccc65)cc4)ccc32)cc1. The van der Waals surface area contributed by atoms with Crippen LogP contribution in [0.1, 0.15) is 60.3 Å². The second-order valence-corrected chi connectivity index (χ2v) is 17.0. The molecule has 10 heteroatoms. The lowest BCUT2D eigenvalue weighted by Crippen LogP contribution is -2.13. The Labute approximate surface area is 390 Å². The number of oxime groups is 2. The molecular formula is C58H43N5O5. The van der Waals surface area contributed by atoms with Gasteiger partial charge in [-0.25, -0.2) is 9.59 Å². The summed E-state index contributed by atoms with van der Waals surface area (Å²) < 4.78 is 6.71. The largest absolute Gasteiger partial charge is 0.337 e. The molecule has 1 atom stereocenters. The summed E-state index contributed by atoms with van der Waals surface area (Å²) in [4.78, 5) is 48.1. The lowest BCUT2D eigenvalue weighted by molar-refractivity contribution is -0.141. The van der Waals surface area contributed by atoms with E-state index in [1.165, 1.54) is 41.6 Å². The van der Waals surface area contributed by atoms with E-state index >= 15 is 0 Å². The van der Waals surface area contributed by atoms with Crippen LogP contribution >= 0.6 is 0 Å². The maximum absolute atomic E-state index is 14.3. The summed E-state index contributed by atoms with van der Waals surface area (Å²) in [6, 6.07) is 60.9. The van der Waals surface area contributed by atoms with E-state index in [0.29, 0.717) is 28.8 Å². The minimum Gasteiger partial charge on any atom is -0.337 e. The van der Waals surface area contributed by atoms with Crippen molar-refractivity contribution in [2.45, 2.75) is 33.2 Å². The molecule has 0 aliphatic carbocycles. The molecule has 8 aromatic carbocycles. The van der Waals surface area contributed by atoms with Gasteiger partial charge in [0.2, 0.25) is 0 Å². The fraction of sp³-hybridized carbons (Fsp3) is 0.0862. The number of hydrogen-bond acceptors (Lipinski definition) is 7. The van der Waals surface area contributed by atoms with E-state index in [9.17, 15) is 14.4 Å². The number of nitrogens with zero attached hydrogens (tertiary/aromatic N) is 5. The lowest BCUT2D eigenvalue weighted by Gasteiger charge is -2.18. The first-order chi connectivity index (χ1) is 33.2. The molecule has 0 N–H and O–H groups in total. The van der Waals surface area contributed by atoms with Crippen molar-refractivity contribution < 1.29 is 24.1 Å². The highest BCUT2D eigenvalue weighted by Gasteiger charge is 2.21. The van der Waals surface area contributed by atoms with Crippen molar-refractivity contribution in [3.8, 4) is 11.4 Å². The van der Waals surface area contributed by atoms with E-state index in [-0.39, 0.29) is 11.8 Å². The fourth-order valence-corrected chi connectivity index (χ4v) is 9.76. The standard InChI is InChI=1S/C58H43N5O5/c1-36(61-52-16-8-4-12-45(52)46-13-5-9-17-53(46)61)32-51(60-68-38(3)65)40-21-26-43(27-22-40)63-56-30-20-39(35-59-67-37(2)64)33-49(56)50-34-42(25-31-57(50)63)58(66)41-23-28-44(29-24-41)62-54-18-10-6-14-47(54)48-15-7-11-19-55(48)62/h4-31,33-36H,32H2,1-3H3/b59-35-,60-51?. The molecule has 0 saturated heterocycles. The molecule has 10 nitrogen and oxygen atoms in total. The topological polar surface area (TPSA) is 109 Å². The Balaban J connectivity index is 0.955. The Morgan fingerprint density at radius 3 is 1.47 bits per heavy atom. The average Bonchev–Trinajstić information content (AvgIpc) is 4.00. The predicted molar refractivity (Wildman–Crippen MR) is 271 cm³/mol. The second-order valence-electron chi connectivity index (χ2n) is 17.0. The second kappa shape index (κ2) is 17.2. The summed E-state index contributed by atoms with van der Waals surface area (Å²) in [5, 5.41) is 14.7. The molecule has 3 heterocycles. The summed E-state index contributed by atoms with van der Waals surface area (Å²) in [6.45, 7) is 4.80. The number of para-hydroxylation sites is 4. The third-order valence-corrected chi connectivity index (χ3v) is 12.7. The summed E-state index contributed by atoms with van der Waals surface area (Å²) in [7, 11) is 0. The van der Waals surface area contributed by atoms with Gasteiger partial charge in [0.05, 0.1) is 34.0 Å². The first kappa shape index (κ1) is 41.8. The third-order valence-electron chi connectivity index (χ3n) is 12.7. The van der Waals surface area contributed by atoms with Crippen LogP contribution in [0.15, 0.2) is 192 Å². The van der Waals surface area contributed by atoms with Gasteiger partial charge < -0.3 is 23.4 Å². The van der Waals surface area contributed by atoms with E-state index < -0.39 is 11.9 Å². The zero-order valence-electron chi connectivity index (χ0n) is 37.5. The summed E-state index contributed by atoms with van der Waals surface area (Å²) in [5.41, 5.74) is 11.3. The normalized spacial score (nSPS) is 12.5. The molecule has 0 aliphatic rings. The Hall–Kier alpha value is -8.89. The number of benzene rings is 8. The molecule has 0 bridgehead atoms. The van der Waals surface area contributed by atoms with Gasteiger partial charge >= 0.3 is 11.9 Å². The van der Waals surface area contributed by atoms with Crippen LogP contribution in [0.3, 0.4) is 0 Å². The first-order valence-electron chi connectivity index (χ1n) is 22.5. The maximum Gasteiger partial charge on any atom is 0.331 e. The van der Waals surface area contributed by atoms with E-state index in [2.05, 4.69) is 104 Å². The number of carbonyl (C=O) groups is 3. The van der Waals surface area contributed by atoms with Crippen LogP contribution in [0.5, 0.6) is 0 Å². The van der Waals surface area contributed by atoms with Crippen LogP contribution in [0.4, 0.5) is 0 Å². The van der Waals surface area contributed by atoms with Crippen LogP contribution in [-0.2, 0) is 19.3 Å². The van der Waals surface area contributed by atoms with Crippen molar-refractivity contribution in [3.05, 3.63) is 204 Å². The number of carbonyl (C=O) groups excluding carboxylic acids is 3. The third kappa shape index (κ3) is 7.38. The molecule has 0 fully saturated rings. The van der Waals surface area contributed by atoms with E-state index in [1.54, 1.807) is 0 Å². The molecule has 11 rings (SSSR count). The number of ketones is 1. The van der Waals surface area contributed by atoms with Crippen molar-refractivity contribution in [1.82, 2.24) is 13.7 Å². The van der Waals surface area contributed by atoms with Crippen molar-refractivity contribution in [1.29, 1.82) is 0 Å². The Morgan fingerprint density at radius 2 is 0.926 bits per heavy atom. The highest BCUT2D eigenvalue weighted by Crippen LogP contribution is 2.37. The summed E-state index contributed by atoms with van der Waals surface area (Å²) in [5.74, 6) is -1.12. The van der Waals surface area contributed by atoms with Gasteiger partial charge in [0.15, 0.2) is 5.78 Å². The van der Waals surface area contributed by atoms with Gasteiger partial charge in [0.1, 0.15) is 0 Å². The van der Waals surface area contributed by atoms with Crippen molar-refractivity contribution >= 4 is 95.1 Å². The molecule has 0 radical (unpaired) electrons.